The van der Waals surface area contributed by atoms with Crippen molar-refractivity contribution in [1.29, 1.82) is 10.5 Å². The molecule has 3 N–H and O–H groups in total. The van der Waals surface area contributed by atoms with Crippen molar-refractivity contribution in [2.45, 2.75) is 24.9 Å². The number of nitrogens with zero attached hydrogens (tertiary/aromatic N) is 4. The van der Waals surface area contributed by atoms with E-state index in [9.17, 15) is 4.79 Å². The molecule has 4 rings (SSSR count). The van der Waals surface area contributed by atoms with Crippen LogP contribution in [0.3, 0.4) is 0 Å². The Labute approximate surface area is 174 Å². The third-order valence-corrected chi connectivity index (χ3v) is 5.42. The summed E-state index contributed by atoms with van der Waals surface area (Å²) < 4.78 is 0. The number of carbonyl (C=O) groups excluding carboxylic acids is 1. The van der Waals surface area contributed by atoms with E-state index >= 15 is 0 Å². The second-order valence-electron chi connectivity index (χ2n) is 7.47. The van der Waals surface area contributed by atoms with E-state index in [0.29, 0.717) is 16.8 Å². The number of nitriles is 2. The van der Waals surface area contributed by atoms with Crippen LogP contribution >= 0.6 is 0 Å². The van der Waals surface area contributed by atoms with E-state index < -0.39 is 0 Å². The predicted octanol–water partition coefficient (Wildman–Crippen LogP) is 3.26. The maximum absolute atomic E-state index is 12.4. The van der Waals surface area contributed by atoms with Gasteiger partial charge in [0.05, 0.1) is 40.3 Å². The summed E-state index contributed by atoms with van der Waals surface area (Å²) >= 11 is 0. The van der Waals surface area contributed by atoms with E-state index in [1.165, 1.54) is 0 Å². The molecule has 1 aliphatic heterocycles. The quantitative estimate of drug-likeness (QED) is 0.624. The van der Waals surface area contributed by atoms with E-state index in [0.717, 1.165) is 36.2 Å². The fourth-order valence-electron chi connectivity index (χ4n) is 3.77. The molecule has 8 nitrogen and oxygen atoms in total. The molecule has 30 heavy (non-hydrogen) atoms. The summed E-state index contributed by atoms with van der Waals surface area (Å²) in [5.74, 6) is 0.835. The van der Waals surface area contributed by atoms with Crippen LogP contribution in [0, 0.1) is 22.7 Å². The highest BCUT2D eigenvalue weighted by atomic mass is 16.2. The molecule has 1 aliphatic rings. The van der Waals surface area contributed by atoms with Crippen molar-refractivity contribution >= 4 is 22.8 Å². The highest BCUT2D eigenvalue weighted by Gasteiger charge is 2.30. The number of hydrogen-bond donors (Lipinski definition) is 3. The number of urea groups is 1. The van der Waals surface area contributed by atoms with Gasteiger partial charge in [-0.05, 0) is 62.4 Å². The number of piperidine rings is 1. The molecule has 2 amide bonds. The fourth-order valence-corrected chi connectivity index (χ4v) is 3.77. The molecule has 0 spiro atoms. The summed E-state index contributed by atoms with van der Waals surface area (Å²) in [6.07, 6.45) is 1.56. The van der Waals surface area contributed by atoms with Crippen LogP contribution in [-0.2, 0) is 0 Å². The zero-order valence-corrected chi connectivity index (χ0v) is 16.5. The Hall–Kier alpha value is -3.88. The van der Waals surface area contributed by atoms with E-state index in [-0.39, 0.29) is 18.1 Å². The van der Waals surface area contributed by atoms with Gasteiger partial charge in [0.2, 0.25) is 0 Å². The second kappa shape index (κ2) is 8.24. The third kappa shape index (κ3) is 4.09. The van der Waals surface area contributed by atoms with Gasteiger partial charge in [0, 0.05) is 18.3 Å². The summed E-state index contributed by atoms with van der Waals surface area (Å²) in [5, 5.41) is 23.8. The Morgan fingerprint density at radius 2 is 1.90 bits per heavy atom. The highest BCUT2D eigenvalue weighted by Crippen LogP contribution is 2.29. The maximum atomic E-state index is 12.4. The van der Waals surface area contributed by atoms with Crippen LogP contribution in [0.2, 0.25) is 0 Å². The van der Waals surface area contributed by atoms with Crippen molar-refractivity contribution in [2.24, 2.45) is 0 Å². The molecule has 150 valence electrons. The summed E-state index contributed by atoms with van der Waals surface area (Å²) in [6, 6.07) is 16.1. The van der Waals surface area contributed by atoms with E-state index in [2.05, 4.69) is 32.7 Å². The topological polar surface area (TPSA) is 121 Å². The first-order chi connectivity index (χ1) is 14.6. The standard InChI is InChI=1S/C22H21N7O/c1-29-9-8-17(26-22(30)25-16-5-2-14(12-23)3-6-16)11-20(29)21-27-18-7-4-15(13-24)10-19(18)28-21/h2-7,10,17,20H,8-9,11H2,1H3,(H,27,28)(H2,25,26,30)/t17-,20-/m1/s1. The minimum absolute atomic E-state index is 0.00691. The van der Waals surface area contributed by atoms with Gasteiger partial charge in [0.1, 0.15) is 5.82 Å². The van der Waals surface area contributed by atoms with E-state index in [1.54, 1.807) is 36.4 Å². The first-order valence-corrected chi connectivity index (χ1v) is 9.73. The molecule has 0 unspecified atom stereocenters. The van der Waals surface area contributed by atoms with Crippen LogP contribution in [0.15, 0.2) is 42.5 Å². The molecule has 2 heterocycles. The average molecular weight is 399 g/mol. The summed E-state index contributed by atoms with van der Waals surface area (Å²) in [6.45, 7) is 0.826. The van der Waals surface area contributed by atoms with Crippen molar-refractivity contribution in [3.63, 3.8) is 0 Å². The lowest BCUT2D eigenvalue weighted by atomic mass is 9.97. The average Bonchev–Trinajstić information content (AvgIpc) is 3.18. The molecular formula is C22H21N7O. The lowest BCUT2D eigenvalue weighted by Gasteiger charge is -2.36. The molecule has 1 fully saturated rings. The van der Waals surface area contributed by atoms with Gasteiger partial charge in [-0.15, -0.1) is 0 Å². The zero-order valence-electron chi connectivity index (χ0n) is 16.5. The molecular weight excluding hydrogens is 378 g/mol. The highest BCUT2D eigenvalue weighted by molar-refractivity contribution is 5.89. The van der Waals surface area contributed by atoms with Gasteiger partial charge in [-0.3, -0.25) is 4.90 Å². The molecule has 1 saturated heterocycles. The number of likely N-dealkylation sites (tertiary alicyclic amines) is 1. The number of rotatable bonds is 3. The van der Waals surface area contributed by atoms with Gasteiger partial charge in [-0.2, -0.15) is 10.5 Å². The Bertz CT molecular complexity index is 1150. The first-order valence-electron chi connectivity index (χ1n) is 9.73. The van der Waals surface area contributed by atoms with Crippen LogP contribution in [0.5, 0.6) is 0 Å². The molecule has 0 bridgehead atoms. The van der Waals surface area contributed by atoms with Crippen LogP contribution < -0.4 is 10.6 Å². The Morgan fingerprint density at radius 1 is 1.17 bits per heavy atom. The zero-order chi connectivity index (χ0) is 21.1. The fraction of sp³-hybridized carbons (Fsp3) is 0.273. The van der Waals surface area contributed by atoms with Crippen molar-refractivity contribution in [3.05, 3.63) is 59.4 Å². The van der Waals surface area contributed by atoms with Gasteiger partial charge >= 0.3 is 6.03 Å². The maximum Gasteiger partial charge on any atom is 0.319 e. The summed E-state index contributed by atoms with van der Waals surface area (Å²) in [7, 11) is 2.05. The number of benzene rings is 2. The third-order valence-electron chi connectivity index (χ3n) is 5.42. The number of anilines is 1. The molecule has 2 aromatic carbocycles. The van der Waals surface area contributed by atoms with Crippen molar-refractivity contribution < 1.29 is 4.79 Å². The molecule has 0 saturated carbocycles. The minimum Gasteiger partial charge on any atom is -0.341 e. The van der Waals surface area contributed by atoms with Crippen molar-refractivity contribution in [2.75, 3.05) is 18.9 Å². The largest absolute Gasteiger partial charge is 0.341 e. The number of carbonyl (C=O) groups is 1. The molecule has 1 aromatic heterocycles. The van der Waals surface area contributed by atoms with Gasteiger partial charge in [0.15, 0.2) is 0 Å². The number of imidazole rings is 1. The molecule has 0 aliphatic carbocycles. The van der Waals surface area contributed by atoms with Crippen LogP contribution in [0.25, 0.3) is 11.0 Å². The normalized spacial score (nSPS) is 19.0. The second-order valence-corrected chi connectivity index (χ2v) is 7.47. The number of aromatic nitrogens is 2. The lowest BCUT2D eigenvalue weighted by molar-refractivity contribution is 0.153. The number of nitrogens with one attached hydrogen (secondary N) is 3. The molecule has 3 aromatic rings. The Morgan fingerprint density at radius 3 is 2.63 bits per heavy atom. The minimum atomic E-state index is -0.267. The van der Waals surface area contributed by atoms with Gasteiger partial charge < -0.3 is 15.6 Å². The molecule has 0 radical (unpaired) electrons. The predicted molar refractivity (Wildman–Crippen MR) is 113 cm³/mol. The Balaban J connectivity index is 1.43. The van der Waals surface area contributed by atoms with E-state index in [4.69, 9.17) is 15.5 Å². The smallest absolute Gasteiger partial charge is 0.319 e. The lowest BCUT2D eigenvalue weighted by Crippen LogP contribution is -2.46. The molecule has 2 atom stereocenters. The Kier molecular flexibility index (Phi) is 5.34. The molecule has 8 heteroatoms. The van der Waals surface area contributed by atoms with Gasteiger partial charge in [-0.1, -0.05) is 0 Å². The van der Waals surface area contributed by atoms with Crippen molar-refractivity contribution in [3.8, 4) is 12.1 Å². The number of H-pyrrole nitrogens is 1. The van der Waals surface area contributed by atoms with Crippen LogP contribution in [-0.4, -0.2) is 40.5 Å². The van der Waals surface area contributed by atoms with Crippen LogP contribution in [0.1, 0.15) is 35.8 Å². The van der Waals surface area contributed by atoms with Gasteiger partial charge in [0.25, 0.3) is 0 Å². The monoisotopic (exact) mass is 399 g/mol. The van der Waals surface area contributed by atoms with Crippen molar-refractivity contribution in [1.82, 2.24) is 20.2 Å². The summed E-state index contributed by atoms with van der Waals surface area (Å²) in [4.78, 5) is 22.7. The number of aromatic amines is 1. The van der Waals surface area contributed by atoms with Crippen LogP contribution in [0.4, 0.5) is 10.5 Å². The number of fused-ring (bicyclic) bond motifs is 1. The SMILES string of the molecule is CN1CC[C@@H](NC(=O)Nc2ccc(C#N)cc2)C[C@@H]1c1nc2cc(C#N)ccc2[nH]1. The number of hydrogen-bond acceptors (Lipinski definition) is 5. The number of amides is 2. The van der Waals surface area contributed by atoms with E-state index in [1.807, 2.05) is 13.1 Å². The summed E-state index contributed by atoms with van der Waals surface area (Å²) in [5.41, 5.74) is 3.43. The van der Waals surface area contributed by atoms with Gasteiger partial charge in [-0.25, -0.2) is 9.78 Å². The first kappa shape index (κ1) is 19.4.